The fourth-order valence-electron chi connectivity index (χ4n) is 1.96. The fourth-order valence-corrected chi connectivity index (χ4v) is 1.96. The first-order valence-electron chi connectivity index (χ1n) is 6.56. The van der Waals surface area contributed by atoms with Crippen LogP contribution in [0.3, 0.4) is 0 Å². The summed E-state index contributed by atoms with van der Waals surface area (Å²) in [7, 11) is 2.02. The summed E-state index contributed by atoms with van der Waals surface area (Å²) in [5, 5.41) is 9.59. The zero-order valence-electron chi connectivity index (χ0n) is 11.5. The van der Waals surface area contributed by atoms with Crippen LogP contribution in [0.1, 0.15) is 24.2 Å². The second-order valence-corrected chi connectivity index (χ2v) is 4.78. The van der Waals surface area contributed by atoms with Gasteiger partial charge in [-0.25, -0.2) is 4.98 Å². The molecule has 0 fully saturated rings. The van der Waals surface area contributed by atoms with Crippen molar-refractivity contribution in [1.82, 2.24) is 4.98 Å². The molecule has 0 aliphatic carbocycles. The molecule has 0 spiro atoms. The number of likely N-dealkylation sites (N-methyl/N-ethyl adjacent to an activating group) is 1. The standard InChI is InChI=1S/C16H20N2O/c1-13(19)15-8-10-17-16(12-15)18(2)11-9-14-6-4-3-5-7-14/h3-8,10,12-13,19H,9,11H2,1-2H3. The molecule has 3 heteroatoms. The molecule has 0 radical (unpaired) electrons. The van der Waals surface area contributed by atoms with Crippen molar-refractivity contribution in [2.45, 2.75) is 19.4 Å². The predicted molar refractivity (Wildman–Crippen MR) is 78.3 cm³/mol. The largest absolute Gasteiger partial charge is 0.389 e. The molecule has 0 bridgehead atoms. The minimum atomic E-state index is -0.454. The lowest BCUT2D eigenvalue weighted by Crippen LogP contribution is -2.21. The summed E-state index contributed by atoms with van der Waals surface area (Å²) in [6, 6.07) is 14.2. The third-order valence-corrected chi connectivity index (χ3v) is 3.22. The van der Waals surface area contributed by atoms with Gasteiger partial charge < -0.3 is 10.0 Å². The molecule has 0 saturated heterocycles. The smallest absolute Gasteiger partial charge is 0.128 e. The SMILES string of the molecule is CC(O)c1ccnc(N(C)CCc2ccccc2)c1. The van der Waals surface area contributed by atoms with Gasteiger partial charge in [-0.2, -0.15) is 0 Å². The van der Waals surface area contributed by atoms with Gasteiger partial charge in [-0.05, 0) is 36.6 Å². The molecule has 1 atom stereocenters. The Labute approximate surface area is 114 Å². The Morgan fingerprint density at radius 3 is 2.63 bits per heavy atom. The Morgan fingerprint density at radius 2 is 1.95 bits per heavy atom. The Morgan fingerprint density at radius 1 is 1.21 bits per heavy atom. The van der Waals surface area contributed by atoms with Crippen molar-refractivity contribution in [2.24, 2.45) is 0 Å². The number of pyridine rings is 1. The zero-order chi connectivity index (χ0) is 13.7. The fraction of sp³-hybridized carbons (Fsp3) is 0.312. The maximum absolute atomic E-state index is 9.59. The van der Waals surface area contributed by atoms with E-state index in [1.165, 1.54) is 5.56 Å². The average Bonchev–Trinajstić information content (AvgIpc) is 2.46. The van der Waals surface area contributed by atoms with Crippen LogP contribution < -0.4 is 4.90 Å². The molecule has 1 aromatic carbocycles. The third-order valence-electron chi connectivity index (χ3n) is 3.22. The van der Waals surface area contributed by atoms with Gasteiger partial charge in [-0.1, -0.05) is 30.3 Å². The monoisotopic (exact) mass is 256 g/mol. The van der Waals surface area contributed by atoms with E-state index in [4.69, 9.17) is 0 Å². The number of aliphatic hydroxyl groups is 1. The first-order valence-corrected chi connectivity index (χ1v) is 6.56. The molecule has 2 aromatic rings. The maximum Gasteiger partial charge on any atom is 0.128 e. The summed E-state index contributed by atoms with van der Waals surface area (Å²) in [5.74, 6) is 0.898. The highest BCUT2D eigenvalue weighted by molar-refractivity contribution is 5.40. The van der Waals surface area contributed by atoms with Crippen molar-refractivity contribution in [3.63, 3.8) is 0 Å². The first-order chi connectivity index (χ1) is 9.16. The number of benzene rings is 1. The molecule has 1 unspecified atom stereocenters. The highest BCUT2D eigenvalue weighted by Gasteiger charge is 2.06. The molecule has 2 rings (SSSR count). The maximum atomic E-state index is 9.59. The van der Waals surface area contributed by atoms with Crippen LogP contribution in [-0.4, -0.2) is 23.7 Å². The molecule has 0 aliphatic heterocycles. The Hall–Kier alpha value is -1.87. The van der Waals surface area contributed by atoms with Crippen LogP contribution in [0.15, 0.2) is 48.7 Å². The van der Waals surface area contributed by atoms with Gasteiger partial charge in [-0.3, -0.25) is 0 Å². The molecule has 0 amide bonds. The lowest BCUT2D eigenvalue weighted by Gasteiger charge is -2.19. The van der Waals surface area contributed by atoms with E-state index < -0.39 is 6.10 Å². The number of rotatable bonds is 5. The van der Waals surface area contributed by atoms with Gasteiger partial charge in [0, 0.05) is 19.8 Å². The lowest BCUT2D eigenvalue weighted by atomic mass is 10.1. The van der Waals surface area contributed by atoms with Crippen molar-refractivity contribution in [3.8, 4) is 0 Å². The second-order valence-electron chi connectivity index (χ2n) is 4.78. The topological polar surface area (TPSA) is 36.4 Å². The van der Waals surface area contributed by atoms with E-state index in [9.17, 15) is 5.11 Å². The summed E-state index contributed by atoms with van der Waals surface area (Å²) in [5.41, 5.74) is 2.22. The summed E-state index contributed by atoms with van der Waals surface area (Å²) in [6.45, 7) is 2.67. The van der Waals surface area contributed by atoms with Crippen LogP contribution in [0.5, 0.6) is 0 Å². The van der Waals surface area contributed by atoms with Crippen LogP contribution in [0.2, 0.25) is 0 Å². The van der Waals surface area contributed by atoms with Gasteiger partial charge in [0.2, 0.25) is 0 Å². The third kappa shape index (κ3) is 3.80. The van der Waals surface area contributed by atoms with E-state index in [0.717, 1.165) is 24.3 Å². The minimum Gasteiger partial charge on any atom is -0.389 e. The first kappa shape index (κ1) is 13.6. The number of aromatic nitrogens is 1. The van der Waals surface area contributed by atoms with E-state index in [0.29, 0.717) is 0 Å². The minimum absolute atomic E-state index is 0.454. The van der Waals surface area contributed by atoms with Crippen LogP contribution in [0.25, 0.3) is 0 Å². The zero-order valence-corrected chi connectivity index (χ0v) is 11.5. The highest BCUT2D eigenvalue weighted by atomic mass is 16.3. The Kier molecular flexibility index (Phi) is 4.53. The summed E-state index contributed by atoms with van der Waals surface area (Å²) >= 11 is 0. The molecule has 100 valence electrons. The van der Waals surface area contributed by atoms with E-state index >= 15 is 0 Å². The van der Waals surface area contributed by atoms with Gasteiger partial charge in [-0.15, -0.1) is 0 Å². The molecular weight excluding hydrogens is 236 g/mol. The van der Waals surface area contributed by atoms with Gasteiger partial charge >= 0.3 is 0 Å². The summed E-state index contributed by atoms with van der Waals surface area (Å²) in [4.78, 5) is 6.46. The number of hydrogen-bond donors (Lipinski definition) is 1. The molecule has 3 nitrogen and oxygen atoms in total. The van der Waals surface area contributed by atoms with Gasteiger partial charge in [0.05, 0.1) is 6.10 Å². The van der Waals surface area contributed by atoms with Crippen molar-refractivity contribution in [3.05, 3.63) is 59.8 Å². The molecule has 1 aromatic heterocycles. The van der Waals surface area contributed by atoms with Gasteiger partial charge in [0.1, 0.15) is 5.82 Å². The molecule has 1 heterocycles. The van der Waals surface area contributed by atoms with Crippen molar-refractivity contribution >= 4 is 5.82 Å². The normalized spacial score (nSPS) is 12.2. The van der Waals surface area contributed by atoms with Crippen molar-refractivity contribution in [1.29, 1.82) is 0 Å². The van der Waals surface area contributed by atoms with E-state index in [1.807, 2.05) is 25.2 Å². The number of hydrogen-bond acceptors (Lipinski definition) is 3. The predicted octanol–water partition coefficient (Wildman–Crippen LogP) is 2.81. The quantitative estimate of drug-likeness (QED) is 0.893. The van der Waals surface area contributed by atoms with Gasteiger partial charge in [0.25, 0.3) is 0 Å². The average molecular weight is 256 g/mol. The van der Waals surface area contributed by atoms with E-state index in [-0.39, 0.29) is 0 Å². The van der Waals surface area contributed by atoms with E-state index in [2.05, 4.69) is 34.1 Å². The van der Waals surface area contributed by atoms with E-state index in [1.54, 1.807) is 13.1 Å². The Bertz CT molecular complexity index is 511. The van der Waals surface area contributed by atoms with Crippen LogP contribution in [-0.2, 0) is 6.42 Å². The molecule has 0 aliphatic rings. The Balaban J connectivity index is 2.00. The molecular formula is C16H20N2O. The number of nitrogens with zero attached hydrogens (tertiary/aromatic N) is 2. The highest BCUT2D eigenvalue weighted by Crippen LogP contribution is 2.17. The van der Waals surface area contributed by atoms with Crippen molar-refractivity contribution in [2.75, 3.05) is 18.5 Å². The molecule has 19 heavy (non-hydrogen) atoms. The second kappa shape index (κ2) is 6.34. The van der Waals surface area contributed by atoms with Crippen LogP contribution in [0.4, 0.5) is 5.82 Å². The number of anilines is 1. The molecule has 1 N–H and O–H groups in total. The summed E-state index contributed by atoms with van der Waals surface area (Å²) in [6.07, 6.45) is 2.28. The van der Waals surface area contributed by atoms with Crippen LogP contribution in [0, 0.1) is 0 Å². The van der Waals surface area contributed by atoms with Gasteiger partial charge in [0.15, 0.2) is 0 Å². The number of aliphatic hydroxyl groups excluding tert-OH is 1. The van der Waals surface area contributed by atoms with Crippen molar-refractivity contribution < 1.29 is 5.11 Å². The molecule has 0 saturated carbocycles. The van der Waals surface area contributed by atoms with Crippen LogP contribution >= 0.6 is 0 Å². The summed E-state index contributed by atoms with van der Waals surface area (Å²) < 4.78 is 0. The lowest BCUT2D eigenvalue weighted by molar-refractivity contribution is 0.199.